The van der Waals surface area contributed by atoms with Crippen LogP contribution in [0.1, 0.15) is 11.1 Å². The van der Waals surface area contributed by atoms with Crippen LogP contribution in [0.4, 0.5) is 0 Å². The van der Waals surface area contributed by atoms with Crippen LogP contribution in [0.2, 0.25) is 5.02 Å². The maximum absolute atomic E-state index is 6.14. The van der Waals surface area contributed by atoms with Gasteiger partial charge in [0.05, 0.1) is 0 Å². The lowest BCUT2D eigenvalue weighted by Gasteiger charge is -2.05. The maximum atomic E-state index is 6.14. The van der Waals surface area contributed by atoms with E-state index in [0.29, 0.717) is 12.4 Å². The van der Waals surface area contributed by atoms with E-state index < -0.39 is 0 Å². The lowest BCUT2D eigenvalue weighted by atomic mass is 10.1. The number of nitrogens with zero attached hydrogens (tertiary/aromatic N) is 1. The molecule has 0 unspecified atom stereocenters. The molecule has 3 rings (SSSR count). The van der Waals surface area contributed by atoms with Gasteiger partial charge in [0.25, 0.3) is 0 Å². The molecule has 0 aromatic heterocycles. The number of amidine groups is 1. The molecular weight excluding hydrogens is 327 g/mol. The largest absolute Gasteiger partial charge is 0.384 e. The number of benzene rings is 3. The molecule has 0 aliphatic carbocycles. The van der Waals surface area contributed by atoms with E-state index in [1.54, 1.807) is 0 Å². The van der Waals surface area contributed by atoms with Gasteiger partial charge < -0.3 is 5.73 Å². The Labute approximate surface area is 147 Å². The Balaban J connectivity index is 0.00000192. The zero-order valence-corrected chi connectivity index (χ0v) is 14.1. The van der Waals surface area contributed by atoms with E-state index >= 15 is 0 Å². The van der Waals surface area contributed by atoms with Gasteiger partial charge in [0.2, 0.25) is 0 Å². The minimum Gasteiger partial charge on any atom is -0.384 e. The average molecular weight is 345 g/mol. The maximum Gasteiger partial charge on any atom is 0.125 e. The molecule has 118 valence electrons. The molecular formula is C19H18Cl2N2. The van der Waals surface area contributed by atoms with E-state index in [9.17, 15) is 0 Å². The van der Waals surface area contributed by atoms with E-state index in [2.05, 4.69) is 29.3 Å². The monoisotopic (exact) mass is 344 g/mol. The third-order valence-corrected chi connectivity index (χ3v) is 4.04. The molecule has 0 saturated heterocycles. The highest BCUT2D eigenvalue weighted by atomic mass is 35.5. The quantitative estimate of drug-likeness (QED) is 0.532. The van der Waals surface area contributed by atoms with Gasteiger partial charge in [0.15, 0.2) is 0 Å². The molecule has 0 radical (unpaired) electrons. The van der Waals surface area contributed by atoms with Gasteiger partial charge in [-0.05, 0) is 34.9 Å². The predicted molar refractivity (Wildman–Crippen MR) is 102 cm³/mol. The summed E-state index contributed by atoms with van der Waals surface area (Å²) < 4.78 is 0. The highest BCUT2D eigenvalue weighted by Gasteiger charge is 2.01. The van der Waals surface area contributed by atoms with Gasteiger partial charge in [0.1, 0.15) is 5.84 Å². The first-order chi connectivity index (χ1) is 10.7. The van der Waals surface area contributed by atoms with Crippen molar-refractivity contribution in [3.8, 4) is 0 Å². The average Bonchev–Trinajstić information content (AvgIpc) is 2.56. The molecule has 0 atom stereocenters. The van der Waals surface area contributed by atoms with Crippen LogP contribution in [0.3, 0.4) is 0 Å². The fourth-order valence-corrected chi connectivity index (χ4v) is 2.67. The van der Waals surface area contributed by atoms with Crippen molar-refractivity contribution in [1.82, 2.24) is 0 Å². The smallest absolute Gasteiger partial charge is 0.125 e. The number of hydrogen-bond donors (Lipinski definition) is 1. The molecule has 4 heteroatoms. The second-order valence-electron chi connectivity index (χ2n) is 5.17. The zero-order chi connectivity index (χ0) is 15.4. The number of fused-ring (bicyclic) bond motifs is 1. The van der Waals surface area contributed by atoms with E-state index in [4.69, 9.17) is 17.3 Å². The zero-order valence-electron chi connectivity index (χ0n) is 12.6. The summed E-state index contributed by atoms with van der Waals surface area (Å²) in [6.07, 6.45) is 0.786. The van der Waals surface area contributed by atoms with Crippen LogP contribution in [0.25, 0.3) is 10.8 Å². The van der Waals surface area contributed by atoms with Crippen LogP contribution in [0.15, 0.2) is 71.7 Å². The van der Waals surface area contributed by atoms with Crippen molar-refractivity contribution in [2.75, 3.05) is 6.54 Å². The van der Waals surface area contributed by atoms with Crippen LogP contribution in [-0.4, -0.2) is 12.4 Å². The second-order valence-corrected chi connectivity index (χ2v) is 5.58. The highest BCUT2D eigenvalue weighted by molar-refractivity contribution is 6.31. The fourth-order valence-electron chi connectivity index (χ4n) is 2.44. The molecule has 3 aromatic carbocycles. The molecule has 0 amide bonds. The molecule has 0 heterocycles. The third kappa shape index (κ3) is 4.25. The molecule has 0 aliphatic heterocycles. The topological polar surface area (TPSA) is 38.4 Å². The van der Waals surface area contributed by atoms with Gasteiger partial charge in [-0.25, -0.2) is 0 Å². The highest BCUT2D eigenvalue weighted by Crippen LogP contribution is 2.17. The van der Waals surface area contributed by atoms with Crippen molar-refractivity contribution >= 4 is 40.6 Å². The Hall–Kier alpha value is -2.03. The Morgan fingerprint density at radius 3 is 2.39 bits per heavy atom. The summed E-state index contributed by atoms with van der Waals surface area (Å²) in [5, 5.41) is 3.15. The molecule has 23 heavy (non-hydrogen) atoms. The molecule has 0 spiro atoms. The van der Waals surface area contributed by atoms with Gasteiger partial charge in [-0.3, -0.25) is 4.99 Å². The summed E-state index contributed by atoms with van der Waals surface area (Å²) in [6.45, 7) is 0.627. The third-order valence-electron chi connectivity index (χ3n) is 3.67. The van der Waals surface area contributed by atoms with Crippen LogP contribution in [-0.2, 0) is 6.42 Å². The normalized spacial score (nSPS) is 11.3. The molecule has 0 saturated carbocycles. The van der Waals surface area contributed by atoms with Crippen molar-refractivity contribution in [1.29, 1.82) is 0 Å². The Morgan fingerprint density at radius 2 is 1.61 bits per heavy atom. The van der Waals surface area contributed by atoms with E-state index in [1.165, 1.54) is 10.8 Å². The van der Waals surface area contributed by atoms with Gasteiger partial charge in [-0.15, -0.1) is 12.4 Å². The molecule has 3 aromatic rings. The van der Waals surface area contributed by atoms with Gasteiger partial charge in [-0.2, -0.15) is 0 Å². The summed E-state index contributed by atoms with van der Waals surface area (Å²) >= 11 is 6.14. The molecule has 0 bridgehead atoms. The summed E-state index contributed by atoms with van der Waals surface area (Å²) in [5.74, 6) is 0.567. The lowest BCUT2D eigenvalue weighted by molar-refractivity contribution is 0.966. The molecule has 2 N–H and O–H groups in total. The first-order valence-corrected chi connectivity index (χ1v) is 7.64. The lowest BCUT2D eigenvalue weighted by Crippen LogP contribution is -2.14. The van der Waals surface area contributed by atoms with Crippen molar-refractivity contribution in [3.05, 3.63) is 82.9 Å². The van der Waals surface area contributed by atoms with E-state index in [-0.39, 0.29) is 12.4 Å². The molecule has 2 nitrogen and oxygen atoms in total. The Morgan fingerprint density at radius 1 is 0.913 bits per heavy atom. The molecule has 0 fully saturated rings. The Bertz CT molecular complexity index is 828. The van der Waals surface area contributed by atoms with Crippen LogP contribution < -0.4 is 5.73 Å². The van der Waals surface area contributed by atoms with E-state index in [1.807, 2.05) is 42.5 Å². The number of nitrogens with two attached hydrogens (primary N) is 1. The van der Waals surface area contributed by atoms with E-state index in [0.717, 1.165) is 22.6 Å². The van der Waals surface area contributed by atoms with Crippen LogP contribution in [0, 0.1) is 0 Å². The van der Waals surface area contributed by atoms with Crippen molar-refractivity contribution < 1.29 is 0 Å². The predicted octanol–water partition coefficient (Wildman–Crippen LogP) is 4.86. The number of rotatable bonds is 4. The second kappa shape index (κ2) is 8.00. The van der Waals surface area contributed by atoms with Gasteiger partial charge >= 0.3 is 0 Å². The summed E-state index contributed by atoms with van der Waals surface area (Å²) in [7, 11) is 0. The summed E-state index contributed by atoms with van der Waals surface area (Å²) in [4.78, 5) is 4.47. The number of halogens is 2. The fraction of sp³-hybridized carbons (Fsp3) is 0.105. The minimum absolute atomic E-state index is 0. The standard InChI is InChI=1S/C19H17ClN2.ClH/c20-18-8-4-3-6-15(18)11-12-22-19(21)17-10-9-14-5-1-2-7-16(14)13-17;/h1-10,13H,11-12H2,(H2,21,22);1H. The summed E-state index contributed by atoms with van der Waals surface area (Å²) in [6, 6.07) is 22.2. The Kier molecular flexibility index (Phi) is 6.03. The van der Waals surface area contributed by atoms with Crippen molar-refractivity contribution in [2.24, 2.45) is 10.7 Å². The van der Waals surface area contributed by atoms with Crippen LogP contribution in [0.5, 0.6) is 0 Å². The van der Waals surface area contributed by atoms with Crippen LogP contribution >= 0.6 is 24.0 Å². The molecule has 0 aliphatic rings. The first kappa shape index (κ1) is 17.3. The van der Waals surface area contributed by atoms with Crippen molar-refractivity contribution in [3.63, 3.8) is 0 Å². The van der Waals surface area contributed by atoms with Gasteiger partial charge in [-0.1, -0.05) is 66.2 Å². The first-order valence-electron chi connectivity index (χ1n) is 7.26. The number of aliphatic imine (C=N–C) groups is 1. The number of hydrogen-bond acceptors (Lipinski definition) is 1. The summed E-state index contributed by atoms with van der Waals surface area (Å²) in [5.41, 5.74) is 8.16. The van der Waals surface area contributed by atoms with Gasteiger partial charge in [0, 0.05) is 17.1 Å². The minimum atomic E-state index is 0. The SMILES string of the molecule is Cl.NC(=NCCc1ccccc1Cl)c1ccc2ccccc2c1. The van der Waals surface area contributed by atoms with Crippen molar-refractivity contribution in [2.45, 2.75) is 6.42 Å².